The highest BCUT2D eigenvalue weighted by Crippen LogP contribution is 2.33. The molecule has 1 aromatic heterocycles. The van der Waals surface area contributed by atoms with Crippen LogP contribution in [0.2, 0.25) is 0 Å². The summed E-state index contributed by atoms with van der Waals surface area (Å²) >= 11 is 0. The molecule has 1 N–H and O–H groups in total. The molecule has 0 unspecified atom stereocenters. The van der Waals surface area contributed by atoms with Gasteiger partial charge in [0.15, 0.2) is 23.1 Å². The van der Waals surface area contributed by atoms with Gasteiger partial charge in [-0.2, -0.15) is 0 Å². The summed E-state index contributed by atoms with van der Waals surface area (Å²) in [6, 6.07) is 5.65. The molecule has 18 heavy (non-hydrogen) atoms. The Morgan fingerprint density at radius 1 is 1.28 bits per heavy atom. The first-order valence-corrected chi connectivity index (χ1v) is 5.70. The maximum Gasteiger partial charge on any atom is 0.194 e. The van der Waals surface area contributed by atoms with Crippen LogP contribution in [0.5, 0.6) is 11.5 Å². The van der Waals surface area contributed by atoms with Crippen LogP contribution < -0.4 is 9.47 Å². The first-order chi connectivity index (χ1) is 8.74. The first-order valence-electron chi connectivity index (χ1n) is 5.70. The normalized spacial score (nSPS) is 13.4. The zero-order chi connectivity index (χ0) is 12.5. The molecule has 0 atom stereocenters. The SMILES string of the molecule is CC(=O)c1ncc(-c2ccc3c(c2)OCCO3)[nH]1. The minimum atomic E-state index is -0.0845. The second-order valence-electron chi connectivity index (χ2n) is 4.06. The molecule has 0 saturated carbocycles. The topological polar surface area (TPSA) is 64.2 Å². The Bertz CT molecular complexity index is 604. The quantitative estimate of drug-likeness (QED) is 0.821. The van der Waals surface area contributed by atoms with Gasteiger partial charge in [0.05, 0.1) is 11.9 Å². The van der Waals surface area contributed by atoms with Gasteiger partial charge in [0.25, 0.3) is 0 Å². The number of aromatic nitrogens is 2. The van der Waals surface area contributed by atoms with Crippen LogP contribution in [0.1, 0.15) is 17.5 Å². The van der Waals surface area contributed by atoms with E-state index in [1.807, 2.05) is 18.2 Å². The molecule has 3 rings (SSSR count). The summed E-state index contributed by atoms with van der Waals surface area (Å²) in [5.74, 6) is 1.74. The second kappa shape index (κ2) is 4.18. The summed E-state index contributed by atoms with van der Waals surface area (Å²) < 4.78 is 11.0. The number of ether oxygens (including phenoxy) is 2. The highest BCUT2D eigenvalue weighted by molar-refractivity contribution is 5.91. The van der Waals surface area contributed by atoms with Crippen molar-refractivity contribution < 1.29 is 14.3 Å². The van der Waals surface area contributed by atoms with Gasteiger partial charge in [0, 0.05) is 12.5 Å². The van der Waals surface area contributed by atoms with Gasteiger partial charge in [0.1, 0.15) is 13.2 Å². The van der Waals surface area contributed by atoms with Crippen LogP contribution in [0.25, 0.3) is 11.3 Å². The third kappa shape index (κ3) is 1.84. The van der Waals surface area contributed by atoms with E-state index in [0.717, 1.165) is 22.8 Å². The van der Waals surface area contributed by atoms with Gasteiger partial charge in [-0.05, 0) is 18.2 Å². The molecule has 5 nitrogen and oxygen atoms in total. The van der Waals surface area contributed by atoms with Crippen molar-refractivity contribution in [1.29, 1.82) is 0 Å². The third-order valence-corrected chi connectivity index (χ3v) is 2.76. The highest BCUT2D eigenvalue weighted by atomic mass is 16.6. The average Bonchev–Trinajstić information content (AvgIpc) is 2.88. The predicted molar refractivity (Wildman–Crippen MR) is 65.0 cm³/mol. The molecule has 1 aromatic carbocycles. The number of rotatable bonds is 2. The monoisotopic (exact) mass is 244 g/mol. The van der Waals surface area contributed by atoms with Crippen molar-refractivity contribution in [2.75, 3.05) is 13.2 Å². The molecule has 2 aromatic rings. The zero-order valence-electron chi connectivity index (χ0n) is 9.90. The lowest BCUT2D eigenvalue weighted by Gasteiger charge is -2.18. The number of imidazole rings is 1. The largest absolute Gasteiger partial charge is 0.486 e. The predicted octanol–water partition coefficient (Wildman–Crippen LogP) is 2.05. The highest BCUT2D eigenvalue weighted by Gasteiger charge is 2.13. The van der Waals surface area contributed by atoms with E-state index < -0.39 is 0 Å². The van der Waals surface area contributed by atoms with Crippen LogP contribution in [0.15, 0.2) is 24.4 Å². The molecule has 5 heteroatoms. The van der Waals surface area contributed by atoms with E-state index in [-0.39, 0.29) is 5.78 Å². The number of hydrogen-bond donors (Lipinski definition) is 1. The van der Waals surface area contributed by atoms with Gasteiger partial charge in [-0.15, -0.1) is 0 Å². The number of H-pyrrole nitrogens is 1. The molecule has 0 bridgehead atoms. The average molecular weight is 244 g/mol. The van der Waals surface area contributed by atoms with Crippen LogP contribution in [0.4, 0.5) is 0 Å². The van der Waals surface area contributed by atoms with E-state index in [1.54, 1.807) is 6.20 Å². The molecule has 1 aliphatic heterocycles. The minimum absolute atomic E-state index is 0.0845. The van der Waals surface area contributed by atoms with Gasteiger partial charge >= 0.3 is 0 Å². The molecule has 0 aliphatic carbocycles. The number of nitrogens with zero attached hydrogens (tertiary/aromatic N) is 1. The van der Waals surface area contributed by atoms with E-state index in [0.29, 0.717) is 19.0 Å². The maximum atomic E-state index is 11.2. The number of aromatic amines is 1. The number of ketones is 1. The number of carbonyl (C=O) groups is 1. The summed E-state index contributed by atoms with van der Waals surface area (Å²) in [7, 11) is 0. The molecule has 0 radical (unpaired) electrons. The Morgan fingerprint density at radius 2 is 2.06 bits per heavy atom. The summed E-state index contributed by atoms with van der Waals surface area (Å²) in [5, 5.41) is 0. The molecule has 0 saturated heterocycles. The van der Waals surface area contributed by atoms with E-state index in [1.165, 1.54) is 6.92 Å². The minimum Gasteiger partial charge on any atom is -0.486 e. The van der Waals surface area contributed by atoms with Crippen LogP contribution in [-0.4, -0.2) is 29.0 Å². The van der Waals surface area contributed by atoms with Crippen molar-refractivity contribution >= 4 is 5.78 Å². The number of hydrogen-bond acceptors (Lipinski definition) is 4. The van der Waals surface area contributed by atoms with Crippen LogP contribution in [0, 0.1) is 0 Å². The van der Waals surface area contributed by atoms with Crippen molar-refractivity contribution in [3.8, 4) is 22.8 Å². The fraction of sp³-hybridized carbons (Fsp3) is 0.231. The van der Waals surface area contributed by atoms with E-state index >= 15 is 0 Å². The van der Waals surface area contributed by atoms with Crippen molar-refractivity contribution in [3.05, 3.63) is 30.2 Å². The van der Waals surface area contributed by atoms with Gasteiger partial charge < -0.3 is 14.5 Å². The van der Waals surface area contributed by atoms with Crippen molar-refractivity contribution in [2.45, 2.75) is 6.92 Å². The number of nitrogens with one attached hydrogen (secondary N) is 1. The Labute approximate surface area is 104 Å². The smallest absolute Gasteiger partial charge is 0.194 e. The van der Waals surface area contributed by atoms with Crippen molar-refractivity contribution in [1.82, 2.24) is 9.97 Å². The summed E-state index contributed by atoms with van der Waals surface area (Å²) in [6.45, 7) is 2.61. The molecule has 92 valence electrons. The molecular formula is C13H12N2O3. The second-order valence-corrected chi connectivity index (χ2v) is 4.06. The van der Waals surface area contributed by atoms with Gasteiger partial charge in [0.2, 0.25) is 0 Å². The Hall–Kier alpha value is -2.30. The number of carbonyl (C=O) groups excluding carboxylic acids is 1. The van der Waals surface area contributed by atoms with E-state index in [2.05, 4.69) is 9.97 Å². The van der Waals surface area contributed by atoms with E-state index in [4.69, 9.17) is 9.47 Å². The lowest BCUT2D eigenvalue weighted by atomic mass is 10.1. The lowest BCUT2D eigenvalue weighted by molar-refractivity contribution is 0.100. The van der Waals surface area contributed by atoms with Crippen LogP contribution in [-0.2, 0) is 0 Å². The van der Waals surface area contributed by atoms with Gasteiger partial charge in [-0.1, -0.05) is 0 Å². The third-order valence-electron chi connectivity index (χ3n) is 2.76. The lowest BCUT2D eigenvalue weighted by Crippen LogP contribution is -2.15. The number of Topliss-reactive ketones (excluding diaryl/α,β-unsaturated/α-hetero) is 1. The molecule has 2 heterocycles. The number of fused-ring (bicyclic) bond motifs is 1. The molecular weight excluding hydrogens is 232 g/mol. The van der Waals surface area contributed by atoms with Gasteiger partial charge in [-0.25, -0.2) is 4.98 Å². The fourth-order valence-electron chi connectivity index (χ4n) is 1.86. The molecule has 0 spiro atoms. The summed E-state index contributed by atoms with van der Waals surface area (Å²) in [6.07, 6.45) is 1.64. The molecule has 0 fully saturated rings. The van der Waals surface area contributed by atoms with Crippen molar-refractivity contribution in [3.63, 3.8) is 0 Å². The van der Waals surface area contributed by atoms with Crippen molar-refractivity contribution in [2.24, 2.45) is 0 Å². The Kier molecular flexibility index (Phi) is 2.51. The summed E-state index contributed by atoms with van der Waals surface area (Å²) in [5.41, 5.74) is 1.71. The van der Waals surface area contributed by atoms with E-state index in [9.17, 15) is 4.79 Å². The fourth-order valence-corrected chi connectivity index (χ4v) is 1.86. The van der Waals surface area contributed by atoms with Crippen LogP contribution in [0.3, 0.4) is 0 Å². The maximum absolute atomic E-state index is 11.2. The van der Waals surface area contributed by atoms with Gasteiger partial charge in [-0.3, -0.25) is 4.79 Å². The standard InChI is InChI=1S/C13H12N2O3/c1-8(16)13-14-7-10(15-13)9-2-3-11-12(6-9)18-5-4-17-11/h2-3,6-7H,4-5H2,1H3,(H,14,15). The molecule has 1 aliphatic rings. The Balaban J connectivity index is 1.98. The molecule has 0 amide bonds. The number of benzene rings is 1. The first kappa shape index (κ1) is 10.8. The summed E-state index contributed by atoms with van der Waals surface area (Å²) in [4.78, 5) is 18.2. The zero-order valence-corrected chi connectivity index (χ0v) is 9.90. The Morgan fingerprint density at radius 3 is 2.78 bits per heavy atom. The van der Waals surface area contributed by atoms with Crippen LogP contribution >= 0.6 is 0 Å².